The fourth-order valence-electron chi connectivity index (χ4n) is 3.85. The first-order valence-corrected chi connectivity index (χ1v) is 12.4. The van der Waals surface area contributed by atoms with E-state index < -0.39 is 25.1 Å². The van der Waals surface area contributed by atoms with E-state index in [4.69, 9.17) is 0 Å². The Morgan fingerprint density at radius 2 is 1.73 bits per heavy atom. The minimum Gasteiger partial charge on any atom is -0.268 e. The smallest absolute Gasteiger partial charge is 0.267 e. The molecule has 0 N–H and O–H groups in total. The first-order chi connectivity index (χ1) is 12.3. The first kappa shape index (κ1) is 18.1. The highest BCUT2D eigenvalue weighted by atomic mass is 32.2. The molecule has 0 bridgehead atoms. The van der Waals surface area contributed by atoms with Crippen LogP contribution in [-0.2, 0) is 19.9 Å². The van der Waals surface area contributed by atoms with Gasteiger partial charge in [0.05, 0.1) is 28.5 Å². The normalized spacial score (nSPS) is 27.6. The fourth-order valence-corrected chi connectivity index (χ4v) is 8.41. The third-order valence-corrected chi connectivity index (χ3v) is 9.89. The van der Waals surface area contributed by atoms with Crippen LogP contribution in [0.5, 0.6) is 0 Å². The molecular formula is C16H23N3O5S2. The standard InChI is InChI=1S/C16H23N3O5S2/c20-16-4-3-15(12-1-2-12)17-19(16)13-5-8-18(9-6-13)26(23,24)14-7-10-25(21,22)11-14/h3-4,12-14H,1-2,5-11H2. The quantitative estimate of drug-likeness (QED) is 0.717. The van der Waals surface area contributed by atoms with Crippen LogP contribution in [0.2, 0.25) is 0 Å². The largest absolute Gasteiger partial charge is 0.268 e. The lowest BCUT2D eigenvalue weighted by Crippen LogP contribution is -2.45. The second-order valence-electron chi connectivity index (χ2n) is 7.52. The molecule has 2 aliphatic heterocycles. The van der Waals surface area contributed by atoms with Crippen molar-refractivity contribution >= 4 is 19.9 Å². The summed E-state index contributed by atoms with van der Waals surface area (Å²) in [6.07, 6.45) is 3.41. The molecule has 2 saturated heterocycles. The molecule has 8 nitrogen and oxygen atoms in total. The van der Waals surface area contributed by atoms with Crippen molar-refractivity contribution in [3.8, 4) is 0 Å². The van der Waals surface area contributed by atoms with E-state index in [1.165, 1.54) is 8.99 Å². The number of rotatable bonds is 4. The van der Waals surface area contributed by atoms with Crippen LogP contribution in [0.4, 0.5) is 0 Å². The lowest BCUT2D eigenvalue weighted by atomic mass is 10.1. The van der Waals surface area contributed by atoms with E-state index in [0.29, 0.717) is 31.8 Å². The van der Waals surface area contributed by atoms with Gasteiger partial charge in [-0.05, 0) is 38.2 Å². The van der Waals surface area contributed by atoms with Crippen molar-refractivity contribution < 1.29 is 16.8 Å². The zero-order chi connectivity index (χ0) is 18.5. The molecule has 10 heteroatoms. The molecule has 3 heterocycles. The zero-order valence-corrected chi connectivity index (χ0v) is 16.1. The maximum atomic E-state index is 12.7. The molecule has 1 aromatic heterocycles. The number of aromatic nitrogens is 2. The van der Waals surface area contributed by atoms with Crippen LogP contribution in [0.25, 0.3) is 0 Å². The molecule has 3 aliphatic rings. The summed E-state index contributed by atoms with van der Waals surface area (Å²) >= 11 is 0. The minimum absolute atomic E-state index is 0.0549. The van der Waals surface area contributed by atoms with Crippen molar-refractivity contribution in [1.82, 2.24) is 14.1 Å². The monoisotopic (exact) mass is 401 g/mol. The summed E-state index contributed by atoms with van der Waals surface area (Å²) in [5.74, 6) is 0.118. The van der Waals surface area contributed by atoms with E-state index >= 15 is 0 Å². The average Bonchev–Trinajstić information content (AvgIpc) is 3.38. The Labute approximate surface area is 153 Å². The minimum atomic E-state index is -3.61. The SMILES string of the molecule is O=c1ccc(C2CC2)nn1C1CCN(S(=O)(=O)C2CCS(=O)(=O)C2)CC1. The third-order valence-electron chi connectivity index (χ3n) is 5.58. The molecule has 0 aromatic carbocycles. The van der Waals surface area contributed by atoms with Gasteiger partial charge >= 0.3 is 0 Å². The van der Waals surface area contributed by atoms with E-state index in [2.05, 4.69) is 5.10 Å². The van der Waals surface area contributed by atoms with Crippen LogP contribution in [-0.4, -0.2) is 60.8 Å². The summed E-state index contributed by atoms with van der Waals surface area (Å²) in [6, 6.07) is 3.23. The molecule has 0 radical (unpaired) electrons. The van der Waals surface area contributed by atoms with Crippen molar-refractivity contribution in [2.24, 2.45) is 0 Å². The number of sulfone groups is 1. The Kier molecular flexibility index (Phi) is 4.47. The molecule has 1 saturated carbocycles. The van der Waals surface area contributed by atoms with Crippen LogP contribution in [0.3, 0.4) is 0 Å². The van der Waals surface area contributed by atoms with E-state index in [-0.39, 0.29) is 29.5 Å². The van der Waals surface area contributed by atoms with Gasteiger partial charge in [-0.15, -0.1) is 0 Å². The van der Waals surface area contributed by atoms with Gasteiger partial charge in [0, 0.05) is 25.1 Å². The first-order valence-electron chi connectivity index (χ1n) is 9.05. The second-order valence-corrected chi connectivity index (χ2v) is 12.0. The summed E-state index contributed by atoms with van der Waals surface area (Å²) < 4.78 is 51.6. The van der Waals surface area contributed by atoms with Gasteiger partial charge < -0.3 is 0 Å². The molecule has 26 heavy (non-hydrogen) atoms. The molecule has 1 aromatic rings. The maximum Gasteiger partial charge on any atom is 0.267 e. The third kappa shape index (κ3) is 3.46. The predicted octanol–water partition coefficient (Wildman–Crippen LogP) is 0.275. The van der Waals surface area contributed by atoms with Crippen LogP contribution >= 0.6 is 0 Å². The Hall–Kier alpha value is -1.26. The second kappa shape index (κ2) is 6.42. The molecule has 0 amide bonds. The highest BCUT2D eigenvalue weighted by molar-refractivity contribution is 7.95. The van der Waals surface area contributed by atoms with E-state index in [9.17, 15) is 21.6 Å². The van der Waals surface area contributed by atoms with Gasteiger partial charge in [0.15, 0.2) is 9.84 Å². The summed E-state index contributed by atoms with van der Waals surface area (Å²) in [6.45, 7) is 0.594. The van der Waals surface area contributed by atoms with Gasteiger partial charge in [-0.1, -0.05) is 0 Å². The van der Waals surface area contributed by atoms with E-state index in [1.807, 2.05) is 0 Å². The molecule has 144 valence electrons. The van der Waals surface area contributed by atoms with Crippen molar-refractivity contribution in [1.29, 1.82) is 0 Å². The molecule has 3 fully saturated rings. The van der Waals surface area contributed by atoms with Crippen LogP contribution in [0.15, 0.2) is 16.9 Å². The summed E-state index contributed by atoms with van der Waals surface area (Å²) in [5.41, 5.74) is 0.786. The van der Waals surface area contributed by atoms with Crippen molar-refractivity contribution in [3.05, 3.63) is 28.2 Å². The lowest BCUT2D eigenvalue weighted by Gasteiger charge is -2.33. The summed E-state index contributed by atoms with van der Waals surface area (Å²) in [5, 5.41) is 3.67. The van der Waals surface area contributed by atoms with Gasteiger partial charge in [0.2, 0.25) is 10.0 Å². The summed E-state index contributed by atoms with van der Waals surface area (Å²) in [7, 11) is -6.86. The Balaban J connectivity index is 1.46. The molecule has 1 unspecified atom stereocenters. The van der Waals surface area contributed by atoms with E-state index in [1.54, 1.807) is 12.1 Å². The number of piperidine rings is 1. The summed E-state index contributed by atoms with van der Waals surface area (Å²) in [4.78, 5) is 12.2. The van der Waals surface area contributed by atoms with Crippen molar-refractivity contribution in [2.75, 3.05) is 24.6 Å². The Morgan fingerprint density at radius 3 is 2.31 bits per heavy atom. The predicted molar refractivity (Wildman–Crippen MR) is 96.3 cm³/mol. The van der Waals surface area contributed by atoms with Gasteiger partial charge in [0.25, 0.3) is 5.56 Å². The van der Waals surface area contributed by atoms with Gasteiger partial charge in [0.1, 0.15) is 0 Å². The zero-order valence-electron chi connectivity index (χ0n) is 14.5. The lowest BCUT2D eigenvalue weighted by molar-refractivity contribution is 0.252. The molecule has 1 atom stereocenters. The maximum absolute atomic E-state index is 12.7. The molecule has 1 aliphatic carbocycles. The number of nitrogens with zero attached hydrogens (tertiary/aromatic N) is 3. The number of hydrogen-bond acceptors (Lipinski definition) is 6. The van der Waals surface area contributed by atoms with Gasteiger partial charge in [-0.3, -0.25) is 4.79 Å². The number of sulfonamides is 1. The van der Waals surface area contributed by atoms with Gasteiger partial charge in [-0.2, -0.15) is 5.10 Å². The molecule has 0 spiro atoms. The Bertz CT molecular complexity index is 958. The number of hydrogen-bond donors (Lipinski definition) is 0. The molecule has 4 rings (SSSR count). The Morgan fingerprint density at radius 1 is 1.04 bits per heavy atom. The van der Waals surface area contributed by atoms with Crippen LogP contribution in [0.1, 0.15) is 49.8 Å². The van der Waals surface area contributed by atoms with Gasteiger partial charge in [-0.25, -0.2) is 25.8 Å². The average molecular weight is 402 g/mol. The highest BCUT2D eigenvalue weighted by Gasteiger charge is 2.41. The van der Waals surface area contributed by atoms with Crippen LogP contribution in [0, 0.1) is 0 Å². The van der Waals surface area contributed by atoms with Crippen LogP contribution < -0.4 is 5.56 Å². The van der Waals surface area contributed by atoms with Crippen molar-refractivity contribution in [3.63, 3.8) is 0 Å². The topological polar surface area (TPSA) is 106 Å². The van der Waals surface area contributed by atoms with E-state index in [0.717, 1.165) is 18.5 Å². The van der Waals surface area contributed by atoms with Crippen molar-refractivity contribution in [2.45, 2.75) is 49.3 Å². The fraction of sp³-hybridized carbons (Fsp3) is 0.750. The highest BCUT2D eigenvalue weighted by Crippen LogP contribution is 2.38. The molecular weight excluding hydrogens is 378 g/mol.